The Labute approximate surface area is 174 Å². The van der Waals surface area contributed by atoms with Crippen LogP contribution in [0.4, 0.5) is 0 Å². The van der Waals surface area contributed by atoms with Crippen LogP contribution >= 0.6 is 0 Å². The zero-order valence-electron chi connectivity index (χ0n) is 17.6. The molecule has 0 unspecified atom stereocenters. The Hall–Kier alpha value is -3.66. The molecule has 7 nitrogen and oxygen atoms in total. The highest BCUT2D eigenvalue weighted by molar-refractivity contribution is 5.98. The largest absolute Gasteiger partial charge is 0.467 e. The van der Waals surface area contributed by atoms with E-state index in [0.717, 1.165) is 5.56 Å². The number of rotatable bonds is 5. The van der Waals surface area contributed by atoms with E-state index in [9.17, 15) is 14.9 Å². The minimum Gasteiger partial charge on any atom is -0.467 e. The summed E-state index contributed by atoms with van der Waals surface area (Å²) in [4.78, 5) is 28.8. The molecular weight excluding hydrogens is 382 g/mol. The van der Waals surface area contributed by atoms with Crippen LogP contribution in [0, 0.1) is 11.3 Å². The Morgan fingerprint density at radius 1 is 1.20 bits per heavy atom. The van der Waals surface area contributed by atoms with Gasteiger partial charge in [-0.15, -0.1) is 0 Å². The number of carbonyl (C=O) groups is 2. The van der Waals surface area contributed by atoms with Gasteiger partial charge in [-0.05, 0) is 56.2 Å². The molecule has 154 valence electrons. The first-order chi connectivity index (χ1) is 14.2. The van der Waals surface area contributed by atoms with Crippen molar-refractivity contribution in [3.05, 3.63) is 53.1 Å². The maximum Gasteiger partial charge on any atom is 0.330 e. The molecule has 0 fully saturated rings. The van der Waals surface area contributed by atoms with Crippen LogP contribution in [-0.2, 0) is 9.53 Å². The number of fused-ring (bicyclic) bond motifs is 1. The molecule has 0 aliphatic carbocycles. The van der Waals surface area contributed by atoms with Crippen LogP contribution in [-0.4, -0.2) is 29.5 Å². The molecule has 3 aromatic rings. The number of benzene rings is 2. The minimum absolute atomic E-state index is 0.172. The molecular formula is C23H23N3O4. The number of nitrogens with zero attached hydrogens (tertiary/aromatic N) is 2. The third-order valence-corrected chi connectivity index (χ3v) is 4.79. The van der Waals surface area contributed by atoms with Crippen LogP contribution in [0.25, 0.3) is 22.6 Å². The number of methoxy groups -OCH3 is 1. The fraction of sp³-hybridized carbons (Fsp3) is 0.304. The van der Waals surface area contributed by atoms with Crippen molar-refractivity contribution >= 4 is 23.0 Å². The number of aromatic nitrogens is 1. The van der Waals surface area contributed by atoms with Crippen LogP contribution in [0.1, 0.15) is 55.1 Å². The monoisotopic (exact) mass is 405 g/mol. The summed E-state index contributed by atoms with van der Waals surface area (Å²) in [5.41, 5.74) is 2.67. The van der Waals surface area contributed by atoms with Gasteiger partial charge in [0.15, 0.2) is 5.58 Å². The van der Waals surface area contributed by atoms with E-state index < -0.39 is 17.4 Å². The fourth-order valence-corrected chi connectivity index (χ4v) is 3.10. The lowest BCUT2D eigenvalue weighted by Crippen LogP contribution is -2.50. The van der Waals surface area contributed by atoms with Crippen molar-refractivity contribution in [2.45, 2.75) is 39.2 Å². The lowest BCUT2D eigenvalue weighted by atomic mass is 10.00. The van der Waals surface area contributed by atoms with Crippen molar-refractivity contribution in [1.29, 1.82) is 5.26 Å². The summed E-state index contributed by atoms with van der Waals surface area (Å²) >= 11 is 0. The first kappa shape index (κ1) is 21.1. The van der Waals surface area contributed by atoms with E-state index >= 15 is 0 Å². The number of nitrogens with one attached hydrogen (secondary N) is 1. The lowest BCUT2D eigenvalue weighted by molar-refractivity contribution is -0.146. The van der Waals surface area contributed by atoms with E-state index in [2.05, 4.69) is 16.4 Å². The van der Waals surface area contributed by atoms with Gasteiger partial charge in [-0.2, -0.15) is 5.26 Å². The van der Waals surface area contributed by atoms with Crippen LogP contribution in [0.5, 0.6) is 0 Å². The van der Waals surface area contributed by atoms with Crippen molar-refractivity contribution in [2.75, 3.05) is 7.11 Å². The average Bonchev–Trinajstić information content (AvgIpc) is 3.15. The van der Waals surface area contributed by atoms with E-state index in [1.807, 2.05) is 19.9 Å². The van der Waals surface area contributed by atoms with Crippen LogP contribution < -0.4 is 5.32 Å². The van der Waals surface area contributed by atoms with Gasteiger partial charge in [0.25, 0.3) is 5.91 Å². The Morgan fingerprint density at radius 2 is 1.87 bits per heavy atom. The number of nitriles is 1. The van der Waals surface area contributed by atoms with Gasteiger partial charge in [-0.25, -0.2) is 9.78 Å². The zero-order chi connectivity index (χ0) is 22.1. The summed E-state index contributed by atoms with van der Waals surface area (Å²) in [5, 5.41) is 11.9. The molecule has 1 heterocycles. The Morgan fingerprint density at radius 3 is 2.43 bits per heavy atom. The zero-order valence-corrected chi connectivity index (χ0v) is 17.6. The normalized spacial score (nSPS) is 11.4. The van der Waals surface area contributed by atoms with Gasteiger partial charge in [0.05, 0.1) is 18.7 Å². The SMILES string of the molecule is COC(=O)C(C)(C)NC(=O)c1ccc(-c2nc3cc(C#N)cc(C(C)C)c3o2)cc1. The van der Waals surface area contributed by atoms with Gasteiger partial charge in [-0.3, -0.25) is 4.79 Å². The van der Waals surface area contributed by atoms with Crippen LogP contribution in [0.15, 0.2) is 40.8 Å². The van der Waals surface area contributed by atoms with Crippen molar-refractivity contribution in [1.82, 2.24) is 10.3 Å². The number of hydrogen-bond donors (Lipinski definition) is 1. The number of oxazole rings is 1. The third kappa shape index (κ3) is 4.03. The molecule has 1 aromatic heterocycles. The highest BCUT2D eigenvalue weighted by atomic mass is 16.5. The van der Waals surface area contributed by atoms with E-state index in [0.29, 0.717) is 33.7 Å². The maximum atomic E-state index is 12.5. The van der Waals surface area contributed by atoms with E-state index in [1.54, 1.807) is 44.2 Å². The fourth-order valence-electron chi connectivity index (χ4n) is 3.10. The van der Waals surface area contributed by atoms with Gasteiger partial charge in [0.2, 0.25) is 5.89 Å². The number of ether oxygens (including phenoxy) is 1. The second-order valence-electron chi connectivity index (χ2n) is 7.85. The van der Waals surface area contributed by atoms with Crippen LogP contribution in [0.2, 0.25) is 0 Å². The van der Waals surface area contributed by atoms with Crippen LogP contribution in [0.3, 0.4) is 0 Å². The molecule has 0 atom stereocenters. The molecule has 30 heavy (non-hydrogen) atoms. The summed E-state index contributed by atoms with van der Waals surface area (Å²) < 4.78 is 10.7. The number of amides is 1. The predicted octanol–water partition coefficient (Wildman–Crippen LogP) is 4.17. The smallest absolute Gasteiger partial charge is 0.330 e. The Kier molecular flexibility index (Phi) is 5.61. The molecule has 0 spiro atoms. The van der Waals surface area contributed by atoms with Gasteiger partial charge < -0.3 is 14.5 Å². The van der Waals surface area contributed by atoms with Crippen molar-refractivity contribution in [3.63, 3.8) is 0 Å². The van der Waals surface area contributed by atoms with Gasteiger partial charge in [0, 0.05) is 16.7 Å². The van der Waals surface area contributed by atoms with Gasteiger partial charge in [-0.1, -0.05) is 13.8 Å². The molecule has 0 aliphatic rings. The first-order valence-corrected chi connectivity index (χ1v) is 9.52. The van der Waals surface area contributed by atoms with Gasteiger partial charge >= 0.3 is 5.97 Å². The topological polar surface area (TPSA) is 105 Å². The molecule has 0 saturated heterocycles. The van der Waals surface area contributed by atoms with Crippen molar-refractivity contribution in [2.24, 2.45) is 0 Å². The molecule has 3 rings (SSSR count). The molecule has 1 N–H and O–H groups in total. The van der Waals surface area contributed by atoms with E-state index in [1.165, 1.54) is 7.11 Å². The summed E-state index contributed by atoms with van der Waals surface area (Å²) in [6, 6.07) is 12.4. The molecule has 2 aromatic carbocycles. The van der Waals surface area contributed by atoms with E-state index in [-0.39, 0.29) is 5.92 Å². The Bertz CT molecular complexity index is 1150. The van der Waals surface area contributed by atoms with Gasteiger partial charge in [0.1, 0.15) is 11.1 Å². The second-order valence-corrected chi connectivity index (χ2v) is 7.85. The summed E-state index contributed by atoms with van der Waals surface area (Å²) in [7, 11) is 1.27. The third-order valence-electron chi connectivity index (χ3n) is 4.79. The molecule has 0 bridgehead atoms. The number of hydrogen-bond acceptors (Lipinski definition) is 6. The van der Waals surface area contributed by atoms with E-state index in [4.69, 9.17) is 9.15 Å². The van der Waals surface area contributed by atoms with Crippen molar-refractivity contribution in [3.8, 4) is 17.5 Å². The molecule has 0 radical (unpaired) electrons. The lowest BCUT2D eigenvalue weighted by Gasteiger charge is -2.23. The molecule has 0 aliphatic heterocycles. The summed E-state index contributed by atoms with van der Waals surface area (Å²) in [6.45, 7) is 7.21. The average molecular weight is 405 g/mol. The molecule has 0 saturated carbocycles. The van der Waals surface area contributed by atoms with Crippen molar-refractivity contribution < 1.29 is 18.7 Å². The maximum absolute atomic E-state index is 12.5. The summed E-state index contributed by atoms with van der Waals surface area (Å²) in [6.07, 6.45) is 0. The Balaban J connectivity index is 1.90. The summed E-state index contributed by atoms with van der Waals surface area (Å²) in [5.74, 6) is -0.346. The number of esters is 1. The minimum atomic E-state index is -1.14. The first-order valence-electron chi connectivity index (χ1n) is 9.52. The highest BCUT2D eigenvalue weighted by Gasteiger charge is 2.30. The predicted molar refractivity (Wildman–Crippen MR) is 112 cm³/mol. The quantitative estimate of drug-likeness (QED) is 0.639. The molecule has 7 heteroatoms. The molecule has 1 amide bonds. The number of carbonyl (C=O) groups excluding carboxylic acids is 2. The highest BCUT2D eigenvalue weighted by Crippen LogP contribution is 2.31. The standard InChI is InChI=1S/C23H23N3O4/c1-13(2)17-10-14(12-24)11-18-19(17)30-21(25-18)16-8-6-15(7-9-16)20(27)26-23(3,4)22(28)29-5/h6-11,13H,1-5H3,(H,26,27). The second kappa shape index (κ2) is 7.99.